The fourth-order valence-corrected chi connectivity index (χ4v) is 3.81. The van der Waals surface area contributed by atoms with Crippen LogP contribution in [0.1, 0.15) is 51.9 Å². The number of ether oxygens (including phenoxy) is 1. The molecule has 1 saturated heterocycles. The topological polar surface area (TPSA) is 62.3 Å². The summed E-state index contributed by atoms with van der Waals surface area (Å²) in [4.78, 5) is 11.4. The van der Waals surface area contributed by atoms with Gasteiger partial charge in [-0.1, -0.05) is 12.8 Å². The molecule has 0 aromatic carbocycles. The Hall–Kier alpha value is -1.63. The van der Waals surface area contributed by atoms with Crippen LogP contribution < -0.4 is 20.3 Å². The van der Waals surface area contributed by atoms with Crippen LogP contribution in [0.15, 0.2) is 6.07 Å². The summed E-state index contributed by atoms with van der Waals surface area (Å²) in [6.07, 6.45) is 8.56. The number of hydrogen-bond donors (Lipinski definition) is 2. The Morgan fingerprint density at radius 1 is 1.21 bits per heavy atom. The molecule has 1 aliphatic heterocycles. The predicted molar refractivity (Wildman–Crippen MR) is 101 cm³/mol. The minimum Gasteiger partial charge on any atom is -0.481 e. The molecule has 1 atom stereocenters. The van der Waals surface area contributed by atoms with Crippen molar-refractivity contribution in [2.24, 2.45) is 0 Å². The van der Waals surface area contributed by atoms with Gasteiger partial charge in [0, 0.05) is 24.7 Å². The largest absolute Gasteiger partial charge is 0.481 e. The third kappa shape index (κ3) is 4.26. The van der Waals surface area contributed by atoms with Crippen molar-refractivity contribution >= 4 is 29.1 Å². The molecule has 132 valence electrons. The van der Waals surface area contributed by atoms with E-state index in [1.165, 1.54) is 44.9 Å². The lowest BCUT2D eigenvalue weighted by molar-refractivity contribution is 0.396. The zero-order valence-electron chi connectivity index (χ0n) is 14.5. The summed E-state index contributed by atoms with van der Waals surface area (Å²) >= 11 is 5.42. The van der Waals surface area contributed by atoms with Crippen LogP contribution in [0, 0.1) is 0 Å². The molecule has 3 rings (SSSR count). The maximum Gasteiger partial charge on any atom is 0.234 e. The highest BCUT2D eigenvalue weighted by Gasteiger charge is 2.22. The minimum absolute atomic E-state index is 0.470. The van der Waals surface area contributed by atoms with Gasteiger partial charge in [0.25, 0.3) is 0 Å². The molecular formula is C17H27N5OS. The van der Waals surface area contributed by atoms with Crippen LogP contribution in [0.5, 0.6) is 5.88 Å². The smallest absolute Gasteiger partial charge is 0.234 e. The normalized spacial score (nSPS) is 21.6. The quantitative estimate of drug-likeness (QED) is 0.810. The molecule has 0 amide bonds. The zero-order chi connectivity index (χ0) is 16.9. The molecule has 2 fully saturated rings. The van der Waals surface area contributed by atoms with E-state index in [4.69, 9.17) is 17.0 Å². The van der Waals surface area contributed by atoms with E-state index in [-0.39, 0.29) is 0 Å². The average Bonchev–Trinajstić information content (AvgIpc) is 3.07. The van der Waals surface area contributed by atoms with Gasteiger partial charge in [0.1, 0.15) is 5.82 Å². The van der Waals surface area contributed by atoms with E-state index in [1.54, 1.807) is 7.11 Å². The second-order valence-corrected chi connectivity index (χ2v) is 7.12. The number of piperidine rings is 1. The Bertz CT molecular complexity index is 576. The van der Waals surface area contributed by atoms with Crippen molar-refractivity contribution < 1.29 is 4.74 Å². The van der Waals surface area contributed by atoms with Gasteiger partial charge in [-0.2, -0.15) is 9.97 Å². The van der Waals surface area contributed by atoms with Gasteiger partial charge >= 0.3 is 0 Å². The van der Waals surface area contributed by atoms with Crippen LogP contribution in [-0.4, -0.2) is 40.8 Å². The number of anilines is 2. The molecule has 24 heavy (non-hydrogen) atoms. The fraction of sp³-hybridized carbons (Fsp3) is 0.706. The summed E-state index contributed by atoms with van der Waals surface area (Å²) in [5.41, 5.74) is 0. The number of nitrogens with zero attached hydrogens (tertiary/aromatic N) is 3. The first kappa shape index (κ1) is 17.2. The summed E-state index contributed by atoms with van der Waals surface area (Å²) in [6.45, 7) is 3.26. The van der Waals surface area contributed by atoms with Crippen LogP contribution in [0.4, 0.5) is 11.8 Å². The Kier molecular flexibility index (Phi) is 5.71. The van der Waals surface area contributed by atoms with Crippen molar-refractivity contribution in [3.05, 3.63) is 6.07 Å². The Morgan fingerprint density at radius 2 is 1.96 bits per heavy atom. The molecule has 0 unspecified atom stereocenters. The van der Waals surface area contributed by atoms with E-state index in [0.29, 0.717) is 29.0 Å². The second kappa shape index (κ2) is 7.96. The number of nitrogens with one attached hydrogen (secondary N) is 2. The van der Waals surface area contributed by atoms with E-state index in [0.717, 1.165) is 12.4 Å². The highest BCUT2D eigenvalue weighted by atomic mass is 32.1. The van der Waals surface area contributed by atoms with Crippen LogP contribution in [0.2, 0.25) is 0 Å². The summed E-state index contributed by atoms with van der Waals surface area (Å²) in [7, 11) is 1.63. The Morgan fingerprint density at radius 3 is 2.67 bits per heavy atom. The maximum atomic E-state index is 5.42. The molecular weight excluding hydrogens is 322 g/mol. The van der Waals surface area contributed by atoms with Gasteiger partial charge in [-0.3, -0.25) is 0 Å². The maximum absolute atomic E-state index is 5.42. The molecule has 7 heteroatoms. The van der Waals surface area contributed by atoms with Crippen molar-refractivity contribution in [3.8, 4) is 5.88 Å². The van der Waals surface area contributed by atoms with Gasteiger partial charge in [-0.25, -0.2) is 0 Å². The van der Waals surface area contributed by atoms with E-state index >= 15 is 0 Å². The van der Waals surface area contributed by atoms with Crippen LogP contribution >= 0.6 is 12.2 Å². The molecule has 6 nitrogen and oxygen atoms in total. The molecule has 0 radical (unpaired) electrons. The molecule has 1 aromatic rings. The lowest BCUT2D eigenvalue weighted by atomic mass is 10.0. The lowest BCUT2D eigenvalue weighted by Crippen LogP contribution is -2.39. The minimum atomic E-state index is 0.470. The number of methoxy groups -OCH3 is 1. The first-order chi connectivity index (χ1) is 11.7. The highest BCUT2D eigenvalue weighted by Crippen LogP contribution is 2.26. The van der Waals surface area contributed by atoms with E-state index in [9.17, 15) is 0 Å². The van der Waals surface area contributed by atoms with E-state index in [2.05, 4.69) is 32.4 Å². The Balaban J connectivity index is 1.72. The van der Waals surface area contributed by atoms with Gasteiger partial charge in [-0.15, -0.1) is 0 Å². The third-order valence-electron chi connectivity index (χ3n) is 4.91. The van der Waals surface area contributed by atoms with Crippen molar-refractivity contribution in [3.63, 3.8) is 0 Å². The molecule has 2 heterocycles. The van der Waals surface area contributed by atoms with E-state index in [1.807, 2.05) is 6.07 Å². The fourth-order valence-electron chi connectivity index (χ4n) is 3.55. The third-order valence-corrected chi connectivity index (χ3v) is 5.13. The van der Waals surface area contributed by atoms with Gasteiger partial charge in [-0.05, 0) is 51.2 Å². The standard InChI is InChI=1S/C17H27N5OS/c1-12-7-5-6-10-22(12)14-11-15(23-2)20-16(19-14)21-17(24)18-13-8-3-4-9-13/h11-13H,3-10H2,1-2H3,(H2,18,19,20,21,24)/t12-/m1/s1. The van der Waals surface area contributed by atoms with E-state index < -0.39 is 0 Å². The number of thiocarbonyl (C=S) groups is 1. The molecule has 0 bridgehead atoms. The lowest BCUT2D eigenvalue weighted by Gasteiger charge is -2.34. The monoisotopic (exact) mass is 349 g/mol. The van der Waals surface area contributed by atoms with Crippen LogP contribution in [0.25, 0.3) is 0 Å². The van der Waals surface area contributed by atoms with Crippen molar-refractivity contribution in [2.75, 3.05) is 23.9 Å². The van der Waals surface area contributed by atoms with Crippen LogP contribution in [-0.2, 0) is 0 Å². The molecule has 2 aliphatic rings. The SMILES string of the molecule is COc1cc(N2CCCC[C@H]2C)nc(NC(=S)NC2CCCC2)n1. The number of rotatable bonds is 4. The predicted octanol–water partition coefficient (Wildman–Crippen LogP) is 3.09. The van der Waals surface area contributed by atoms with Crippen molar-refractivity contribution in [1.29, 1.82) is 0 Å². The molecule has 0 spiro atoms. The van der Waals surface area contributed by atoms with Gasteiger partial charge in [0.2, 0.25) is 11.8 Å². The molecule has 1 saturated carbocycles. The first-order valence-corrected chi connectivity index (χ1v) is 9.34. The molecule has 2 N–H and O–H groups in total. The van der Waals surface area contributed by atoms with Crippen molar-refractivity contribution in [1.82, 2.24) is 15.3 Å². The van der Waals surface area contributed by atoms with Gasteiger partial charge in [0.15, 0.2) is 5.11 Å². The number of hydrogen-bond acceptors (Lipinski definition) is 5. The molecule has 1 aliphatic carbocycles. The summed E-state index contributed by atoms with van der Waals surface area (Å²) in [5, 5.41) is 7.08. The summed E-state index contributed by atoms with van der Waals surface area (Å²) in [5.74, 6) is 1.96. The van der Waals surface area contributed by atoms with Crippen molar-refractivity contribution in [2.45, 2.75) is 64.0 Å². The van der Waals surface area contributed by atoms with Gasteiger partial charge < -0.3 is 20.3 Å². The van der Waals surface area contributed by atoms with Gasteiger partial charge in [0.05, 0.1) is 7.11 Å². The Labute approximate surface area is 149 Å². The summed E-state index contributed by atoms with van der Waals surface area (Å²) in [6, 6.07) is 2.85. The number of aromatic nitrogens is 2. The zero-order valence-corrected chi connectivity index (χ0v) is 15.4. The molecule has 1 aromatic heterocycles. The average molecular weight is 350 g/mol. The van der Waals surface area contributed by atoms with Crippen LogP contribution in [0.3, 0.4) is 0 Å². The highest BCUT2D eigenvalue weighted by molar-refractivity contribution is 7.80. The second-order valence-electron chi connectivity index (χ2n) is 6.71. The summed E-state index contributed by atoms with van der Waals surface area (Å²) < 4.78 is 5.36. The first-order valence-electron chi connectivity index (χ1n) is 8.93.